The summed E-state index contributed by atoms with van der Waals surface area (Å²) in [7, 11) is -3.58. The molecule has 0 spiro atoms. The molecule has 2 aromatic carbocycles. The Morgan fingerprint density at radius 2 is 1.72 bits per heavy atom. The molecule has 0 aliphatic rings. The first-order chi connectivity index (χ1) is 11.9. The van der Waals surface area contributed by atoms with Crippen LogP contribution in [0.15, 0.2) is 59.6 Å². The third-order valence-corrected chi connectivity index (χ3v) is 5.82. The molecular formula is C20H24N2O2S. The first kappa shape index (κ1) is 17.7. The zero-order chi connectivity index (χ0) is 18.0. The van der Waals surface area contributed by atoms with Gasteiger partial charge in [-0.25, -0.2) is 13.1 Å². The van der Waals surface area contributed by atoms with Crippen LogP contribution in [0.5, 0.6) is 0 Å². The van der Waals surface area contributed by atoms with Crippen molar-refractivity contribution in [1.29, 1.82) is 0 Å². The van der Waals surface area contributed by atoms with Crippen LogP contribution in [-0.2, 0) is 10.0 Å². The maximum Gasteiger partial charge on any atom is 0.241 e. The monoisotopic (exact) mass is 356 g/mol. The second-order valence-corrected chi connectivity index (χ2v) is 8.62. The molecule has 5 heteroatoms. The highest BCUT2D eigenvalue weighted by Crippen LogP contribution is 2.30. The van der Waals surface area contributed by atoms with Gasteiger partial charge in [-0.1, -0.05) is 49.7 Å². The molecule has 0 bridgehead atoms. The van der Waals surface area contributed by atoms with E-state index in [0.29, 0.717) is 10.8 Å². The summed E-state index contributed by atoms with van der Waals surface area (Å²) in [4.78, 5) is 3.54. The van der Waals surface area contributed by atoms with Gasteiger partial charge >= 0.3 is 0 Å². The van der Waals surface area contributed by atoms with Gasteiger partial charge in [0.05, 0.1) is 4.90 Å². The molecule has 2 N–H and O–H groups in total. The number of hydrogen-bond acceptors (Lipinski definition) is 2. The molecule has 132 valence electrons. The molecule has 0 amide bonds. The van der Waals surface area contributed by atoms with Crippen LogP contribution < -0.4 is 4.72 Å². The molecule has 0 aliphatic carbocycles. The first-order valence-corrected chi connectivity index (χ1v) is 10.00. The van der Waals surface area contributed by atoms with Crippen LogP contribution in [0.25, 0.3) is 10.9 Å². The molecule has 4 nitrogen and oxygen atoms in total. The van der Waals surface area contributed by atoms with E-state index in [1.54, 1.807) is 12.1 Å². The summed E-state index contributed by atoms with van der Waals surface area (Å²) in [6.07, 6.45) is 2.64. The minimum atomic E-state index is -3.58. The van der Waals surface area contributed by atoms with E-state index in [9.17, 15) is 8.42 Å². The molecule has 0 aliphatic heterocycles. The Bertz CT molecular complexity index is 957. The molecule has 1 heterocycles. The number of aryl methyl sites for hydroxylation is 1. The molecule has 25 heavy (non-hydrogen) atoms. The molecule has 1 aromatic heterocycles. The Labute approximate surface area is 149 Å². The normalized spacial score (nSPS) is 13.4. The Morgan fingerprint density at radius 1 is 1.04 bits per heavy atom. The van der Waals surface area contributed by atoms with E-state index in [1.807, 2.05) is 49.5 Å². The van der Waals surface area contributed by atoms with E-state index in [0.717, 1.165) is 28.5 Å². The summed E-state index contributed by atoms with van der Waals surface area (Å²) in [6.45, 7) is 6.14. The summed E-state index contributed by atoms with van der Waals surface area (Å²) in [5.41, 5.74) is 3.04. The van der Waals surface area contributed by atoms with Gasteiger partial charge in [-0.05, 0) is 43.0 Å². The Kier molecular flexibility index (Phi) is 4.97. The largest absolute Gasteiger partial charge is 0.361 e. The van der Waals surface area contributed by atoms with E-state index < -0.39 is 10.0 Å². The number of rotatable bonds is 6. The zero-order valence-electron chi connectivity index (χ0n) is 14.8. The Morgan fingerprint density at radius 3 is 2.40 bits per heavy atom. The minimum Gasteiger partial charge on any atom is -0.361 e. The van der Waals surface area contributed by atoms with Crippen LogP contribution >= 0.6 is 0 Å². The van der Waals surface area contributed by atoms with Crippen molar-refractivity contribution in [2.24, 2.45) is 5.92 Å². The smallest absolute Gasteiger partial charge is 0.241 e. The van der Waals surface area contributed by atoms with Gasteiger partial charge in [-0.2, -0.15) is 0 Å². The van der Waals surface area contributed by atoms with E-state index >= 15 is 0 Å². The van der Waals surface area contributed by atoms with Crippen LogP contribution in [0.1, 0.15) is 37.4 Å². The van der Waals surface area contributed by atoms with Crippen LogP contribution in [0.2, 0.25) is 0 Å². The highest BCUT2D eigenvalue weighted by Gasteiger charge is 2.24. The van der Waals surface area contributed by atoms with Crippen molar-refractivity contribution in [3.8, 4) is 0 Å². The molecule has 3 rings (SSSR count). The second-order valence-electron chi connectivity index (χ2n) is 6.91. The molecule has 0 saturated carbocycles. The number of hydrogen-bond donors (Lipinski definition) is 2. The molecule has 1 atom stereocenters. The zero-order valence-corrected chi connectivity index (χ0v) is 15.6. The number of sulfonamides is 1. The lowest BCUT2D eigenvalue weighted by molar-refractivity contribution is 0.474. The summed E-state index contributed by atoms with van der Waals surface area (Å²) in [5, 5.41) is 1.06. The molecule has 3 aromatic rings. The summed E-state index contributed by atoms with van der Waals surface area (Å²) in [6, 6.07) is 14.6. The van der Waals surface area contributed by atoms with Gasteiger partial charge in [0.25, 0.3) is 0 Å². The Hall–Kier alpha value is -2.11. The molecule has 0 saturated heterocycles. The number of nitrogens with one attached hydrogen (secondary N) is 2. The quantitative estimate of drug-likeness (QED) is 0.681. The van der Waals surface area contributed by atoms with Crippen LogP contribution in [0.4, 0.5) is 0 Å². The summed E-state index contributed by atoms with van der Waals surface area (Å²) >= 11 is 0. The third-order valence-electron chi connectivity index (χ3n) is 4.33. The van der Waals surface area contributed by atoms with Crippen molar-refractivity contribution in [3.05, 3.63) is 65.9 Å². The molecule has 1 unspecified atom stereocenters. The van der Waals surface area contributed by atoms with Crippen molar-refractivity contribution in [3.63, 3.8) is 0 Å². The van der Waals surface area contributed by atoms with Crippen molar-refractivity contribution in [1.82, 2.24) is 9.71 Å². The topological polar surface area (TPSA) is 62.0 Å². The van der Waals surface area contributed by atoms with Crippen LogP contribution in [-0.4, -0.2) is 13.4 Å². The van der Waals surface area contributed by atoms with E-state index in [1.165, 1.54) is 0 Å². The molecular weight excluding hydrogens is 332 g/mol. The van der Waals surface area contributed by atoms with Crippen molar-refractivity contribution in [2.45, 2.75) is 38.1 Å². The van der Waals surface area contributed by atoms with E-state index in [4.69, 9.17) is 0 Å². The standard InChI is InChI=1S/C20H24N2O2S/c1-14(2)12-20(18-13-21-19-7-5-4-6-17(18)19)22-25(23,24)16-10-8-15(3)9-11-16/h4-11,13-14,20-22H,12H2,1-3H3. The lowest BCUT2D eigenvalue weighted by Gasteiger charge is -2.20. The van der Waals surface area contributed by atoms with Gasteiger partial charge in [-0.3, -0.25) is 0 Å². The second kappa shape index (κ2) is 7.02. The predicted octanol–water partition coefficient (Wildman–Crippen LogP) is 4.54. The Balaban J connectivity index is 1.97. The lowest BCUT2D eigenvalue weighted by Crippen LogP contribution is -2.29. The number of aromatic amines is 1. The number of H-pyrrole nitrogens is 1. The lowest BCUT2D eigenvalue weighted by atomic mass is 9.97. The van der Waals surface area contributed by atoms with Crippen molar-refractivity contribution < 1.29 is 8.42 Å². The minimum absolute atomic E-state index is 0.276. The number of benzene rings is 2. The fourth-order valence-corrected chi connectivity index (χ4v) is 4.29. The molecule has 0 radical (unpaired) electrons. The number of aromatic nitrogens is 1. The SMILES string of the molecule is Cc1ccc(S(=O)(=O)NC(CC(C)C)c2c[nH]c3ccccc23)cc1. The van der Waals surface area contributed by atoms with Crippen LogP contribution in [0, 0.1) is 12.8 Å². The fraction of sp³-hybridized carbons (Fsp3) is 0.300. The van der Waals surface area contributed by atoms with Gasteiger partial charge in [0, 0.05) is 23.1 Å². The van der Waals surface area contributed by atoms with Crippen molar-refractivity contribution in [2.75, 3.05) is 0 Å². The first-order valence-electron chi connectivity index (χ1n) is 8.52. The average Bonchev–Trinajstić information content (AvgIpc) is 2.98. The summed E-state index contributed by atoms with van der Waals surface area (Å²) < 4.78 is 28.6. The fourth-order valence-electron chi connectivity index (χ4n) is 3.06. The van der Waals surface area contributed by atoms with Gasteiger partial charge in [-0.15, -0.1) is 0 Å². The number of para-hydroxylation sites is 1. The van der Waals surface area contributed by atoms with E-state index in [2.05, 4.69) is 23.6 Å². The van der Waals surface area contributed by atoms with Gasteiger partial charge in [0.1, 0.15) is 0 Å². The third kappa shape index (κ3) is 3.94. The predicted molar refractivity (Wildman–Crippen MR) is 102 cm³/mol. The highest BCUT2D eigenvalue weighted by atomic mass is 32.2. The van der Waals surface area contributed by atoms with E-state index in [-0.39, 0.29) is 6.04 Å². The van der Waals surface area contributed by atoms with Crippen molar-refractivity contribution >= 4 is 20.9 Å². The van der Waals surface area contributed by atoms with Gasteiger partial charge < -0.3 is 4.98 Å². The van der Waals surface area contributed by atoms with Gasteiger partial charge in [0.15, 0.2) is 0 Å². The number of fused-ring (bicyclic) bond motifs is 1. The highest BCUT2D eigenvalue weighted by molar-refractivity contribution is 7.89. The van der Waals surface area contributed by atoms with Crippen LogP contribution in [0.3, 0.4) is 0 Å². The average molecular weight is 356 g/mol. The summed E-state index contributed by atoms with van der Waals surface area (Å²) in [5.74, 6) is 0.361. The molecule has 0 fully saturated rings. The van der Waals surface area contributed by atoms with Gasteiger partial charge in [0.2, 0.25) is 10.0 Å². The maximum atomic E-state index is 12.8. The maximum absolute atomic E-state index is 12.8.